The van der Waals surface area contributed by atoms with Gasteiger partial charge in [0, 0.05) is 10.6 Å². The van der Waals surface area contributed by atoms with Crippen molar-refractivity contribution in [1.29, 1.82) is 0 Å². The van der Waals surface area contributed by atoms with Gasteiger partial charge in [-0.1, -0.05) is 23.2 Å². The Morgan fingerprint density at radius 1 is 1.35 bits per heavy atom. The SMILES string of the molecule is NC(O)c1cc(Cl)ccc1OCC(=O)c1ccc(Cl)s1. The van der Waals surface area contributed by atoms with Gasteiger partial charge in [0.25, 0.3) is 0 Å². The first-order valence-electron chi connectivity index (χ1n) is 5.62. The number of aliphatic hydroxyl groups is 1. The number of ketones is 1. The first kappa shape index (κ1) is 15.3. The minimum atomic E-state index is -1.23. The van der Waals surface area contributed by atoms with Crippen LogP contribution in [0.1, 0.15) is 21.5 Å². The third-order valence-electron chi connectivity index (χ3n) is 2.50. The van der Waals surface area contributed by atoms with Crippen molar-refractivity contribution >= 4 is 40.3 Å². The molecule has 7 heteroatoms. The minimum Gasteiger partial charge on any atom is -0.485 e. The average Bonchev–Trinajstić information content (AvgIpc) is 2.83. The van der Waals surface area contributed by atoms with Gasteiger partial charge >= 0.3 is 0 Å². The molecule has 4 nitrogen and oxygen atoms in total. The molecule has 0 aliphatic rings. The Morgan fingerprint density at radius 3 is 2.70 bits per heavy atom. The van der Waals surface area contributed by atoms with Crippen LogP contribution >= 0.6 is 34.5 Å². The lowest BCUT2D eigenvalue weighted by Crippen LogP contribution is -2.14. The zero-order valence-corrected chi connectivity index (χ0v) is 12.5. The second-order valence-electron chi connectivity index (χ2n) is 3.94. The molecular weight excluding hydrogens is 321 g/mol. The van der Waals surface area contributed by atoms with E-state index in [9.17, 15) is 9.90 Å². The predicted octanol–water partition coefficient (Wildman–Crippen LogP) is 3.27. The number of hydrogen-bond acceptors (Lipinski definition) is 5. The van der Waals surface area contributed by atoms with Crippen molar-refractivity contribution in [3.8, 4) is 5.75 Å². The Bertz CT molecular complexity index is 628. The smallest absolute Gasteiger partial charge is 0.210 e. The van der Waals surface area contributed by atoms with Crippen LogP contribution in [0.3, 0.4) is 0 Å². The maximum absolute atomic E-state index is 11.9. The van der Waals surface area contributed by atoms with Crippen LogP contribution in [0, 0.1) is 0 Å². The number of ether oxygens (including phenoxy) is 1. The van der Waals surface area contributed by atoms with Crippen LogP contribution in [0.15, 0.2) is 30.3 Å². The van der Waals surface area contributed by atoms with Crippen LogP contribution < -0.4 is 10.5 Å². The van der Waals surface area contributed by atoms with Crippen LogP contribution in [0.4, 0.5) is 0 Å². The molecule has 1 heterocycles. The molecule has 1 unspecified atom stereocenters. The lowest BCUT2D eigenvalue weighted by Gasteiger charge is -2.13. The first-order chi connectivity index (χ1) is 9.47. The standard InChI is InChI=1S/C13H11Cl2NO3S/c14-7-1-2-10(8(5-7)13(16)18)19-6-9(17)11-3-4-12(15)20-11/h1-5,13,18H,6,16H2. The predicted molar refractivity (Wildman–Crippen MR) is 79.8 cm³/mol. The normalized spacial score (nSPS) is 12.2. The molecule has 0 saturated heterocycles. The van der Waals surface area contributed by atoms with E-state index in [2.05, 4.69) is 0 Å². The van der Waals surface area contributed by atoms with Crippen LogP contribution in [0.2, 0.25) is 9.36 Å². The number of thiophene rings is 1. The van der Waals surface area contributed by atoms with Gasteiger partial charge in [-0.25, -0.2) is 0 Å². The van der Waals surface area contributed by atoms with Crippen LogP contribution in [0.5, 0.6) is 5.75 Å². The Morgan fingerprint density at radius 2 is 2.10 bits per heavy atom. The highest BCUT2D eigenvalue weighted by molar-refractivity contribution is 7.18. The van der Waals surface area contributed by atoms with E-state index in [4.69, 9.17) is 33.7 Å². The van der Waals surface area contributed by atoms with E-state index in [1.54, 1.807) is 24.3 Å². The third-order valence-corrected chi connectivity index (χ3v) is 4.00. The van der Waals surface area contributed by atoms with E-state index in [-0.39, 0.29) is 12.4 Å². The molecule has 0 saturated carbocycles. The van der Waals surface area contributed by atoms with Crippen molar-refractivity contribution < 1.29 is 14.6 Å². The number of rotatable bonds is 5. The van der Waals surface area contributed by atoms with Crippen molar-refractivity contribution in [3.63, 3.8) is 0 Å². The summed E-state index contributed by atoms with van der Waals surface area (Å²) < 4.78 is 5.93. The molecule has 20 heavy (non-hydrogen) atoms. The number of benzene rings is 1. The quantitative estimate of drug-likeness (QED) is 0.651. The second-order valence-corrected chi connectivity index (χ2v) is 6.09. The molecule has 1 aromatic carbocycles. The topological polar surface area (TPSA) is 72.6 Å². The van der Waals surface area contributed by atoms with Crippen molar-refractivity contribution in [2.24, 2.45) is 5.73 Å². The summed E-state index contributed by atoms with van der Waals surface area (Å²) in [7, 11) is 0. The average molecular weight is 332 g/mol. The van der Waals surface area contributed by atoms with E-state index >= 15 is 0 Å². The van der Waals surface area contributed by atoms with Crippen LogP contribution in [0.25, 0.3) is 0 Å². The van der Waals surface area contributed by atoms with Gasteiger partial charge in [-0.15, -0.1) is 11.3 Å². The van der Waals surface area contributed by atoms with E-state index < -0.39 is 6.23 Å². The van der Waals surface area contributed by atoms with E-state index in [0.717, 1.165) is 0 Å². The molecule has 3 N–H and O–H groups in total. The van der Waals surface area contributed by atoms with Crippen molar-refractivity contribution in [1.82, 2.24) is 0 Å². The zero-order chi connectivity index (χ0) is 14.7. The van der Waals surface area contributed by atoms with E-state index in [1.807, 2.05) is 0 Å². The van der Waals surface area contributed by atoms with Crippen molar-refractivity contribution in [2.45, 2.75) is 6.23 Å². The van der Waals surface area contributed by atoms with Gasteiger partial charge in [0.1, 0.15) is 12.0 Å². The molecule has 0 bridgehead atoms. The number of carbonyl (C=O) groups excluding carboxylic acids is 1. The number of hydrogen-bond donors (Lipinski definition) is 2. The van der Waals surface area contributed by atoms with Gasteiger partial charge in [-0.3, -0.25) is 4.79 Å². The van der Waals surface area contributed by atoms with Crippen LogP contribution in [-0.2, 0) is 0 Å². The number of aliphatic hydroxyl groups excluding tert-OH is 1. The van der Waals surface area contributed by atoms with Gasteiger partial charge < -0.3 is 15.6 Å². The summed E-state index contributed by atoms with van der Waals surface area (Å²) in [5, 5.41) is 9.88. The summed E-state index contributed by atoms with van der Waals surface area (Å²) in [6.07, 6.45) is -1.23. The molecular formula is C13H11Cl2NO3S. The molecule has 0 radical (unpaired) electrons. The van der Waals surface area contributed by atoms with Crippen molar-refractivity contribution in [2.75, 3.05) is 6.61 Å². The number of nitrogens with two attached hydrogens (primary N) is 1. The van der Waals surface area contributed by atoms with Gasteiger partial charge in [0.15, 0.2) is 6.61 Å². The summed E-state index contributed by atoms with van der Waals surface area (Å²) in [4.78, 5) is 12.4. The molecule has 0 fully saturated rings. The molecule has 1 atom stereocenters. The second kappa shape index (κ2) is 6.56. The number of carbonyl (C=O) groups is 1. The molecule has 106 valence electrons. The molecule has 2 aromatic rings. The highest BCUT2D eigenvalue weighted by Gasteiger charge is 2.14. The largest absolute Gasteiger partial charge is 0.485 e. The van der Waals surface area contributed by atoms with Crippen molar-refractivity contribution in [3.05, 3.63) is 50.1 Å². The summed E-state index contributed by atoms with van der Waals surface area (Å²) in [5.74, 6) is 0.120. The summed E-state index contributed by atoms with van der Waals surface area (Å²) in [6, 6.07) is 7.93. The maximum Gasteiger partial charge on any atom is 0.210 e. The Kier molecular flexibility index (Phi) is 5.01. The van der Waals surface area contributed by atoms with Gasteiger partial charge in [-0.2, -0.15) is 0 Å². The summed E-state index contributed by atoms with van der Waals surface area (Å²) >= 11 is 12.8. The molecule has 0 spiro atoms. The molecule has 2 rings (SSSR count). The van der Waals surface area contributed by atoms with Gasteiger partial charge in [-0.05, 0) is 30.3 Å². The Balaban J connectivity index is 2.09. The number of Topliss-reactive ketones (excluding diaryl/α,β-unsaturated/α-hetero) is 1. The first-order valence-corrected chi connectivity index (χ1v) is 7.19. The molecule has 0 aliphatic heterocycles. The number of halogens is 2. The monoisotopic (exact) mass is 331 g/mol. The molecule has 1 aromatic heterocycles. The zero-order valence-electron chi connectivity index (χ0n) is 10.2. The highest BCUT2D eigenvalue weighted by Crippen LogP contribution is 2.27. The Labute approximate surface area is 129 Å². The van der Waals surface area contributed by atoms with E-state index in [0.29, 0.717) is 25.5 Å². The minimum absolute atomic E-state index is 0.168. The lowest BCUT2D eigenvalue weighted by atomic mass is 10.2. The fourth-order valence-electron chi connectivity index (χ4n) is 1.56. The summed E-state index contributed by atoms with van der Waals surface area (Å²) in [5.41, 5.74) is 5.75. The third kappa shape index (κ3) is 3.71. The van der Waals surface area contributed by atoms with Crippen LogP contribution in [-0.4, -0.2) is 17.5 Å². The summed E-state index contributed by atoms with van der Waals surface area (Å²) in [6.45, 7) is -0.168. The highest BCUT2D eigenvalue weighted by atomic mass is 35.5. The fraction of sp³-hybridized carbons (Fsp3) is 0.154. The molecule has 0 aliphatic carbocycles. The Hall–Kier alpha value is -1.11. The van der Waals surface area contributed by atoms with Gasteiger partial charge in [0.2, 0.25) is 5.78 Å². The fourth-order valence-corrected chi connectivity index (χ4v) is 2.71. The maximum atomic E-state index is 11.9. The van der Waals surface area contributed by atoms with Gasteiger partial charge in [0.05, 0.1) is 9.21 Å². The molecule has 0 amide bonds. The van der Waals surface area contributed by atoms with E-state index in [1.165, 1.54) is 17.4 Å². The lowest BCUT2D eigenvalue weighted by molar-refractivity contribution is 0.0920.